The minimum atomic E-state index is 0.419. The number of rotatable bonds is 5. The first-order chi connectivity index (χ1) is 9.56. The molecule has 0 saturated carbocycles. The Labute approximate surface area is 134 Å². The first kappa shape index (κ1) is 15.6. The van der Waals surface area contributed by atoms with Gasteiger partial charge in [-0.1, -0.05) is 51.8 Å². The van der Waals surface area contributed by atoms with Gasteiger partial charge in [-0.25, -0.2) is 0 Å². The van der Waals surface area contributed by atoms with Gasteiger partial charge < -0.3 is 5.32 Å². The predicted molar refractivity (Wildman–Crippen MR) is 90.3 cm³/mol. The third kappa shape index (κ3) is 4.34. The molecule has 0 aliphatic rings. The second-order valence-electron chi connectivity index (χ2n) is 5.15. The summed E-state index contributed by atoms with van der Waals surface area (Å²) in [5.74, 6) is 0. The summed E-state index contributed by atoms with van der Waals surface area (Å²) in [7, 11) is 0. The summed E-state index contributed by atoms with van der Waals surface area (Å²) >= 11 is 9.59. The number of hydrogen-bond donors (Lipinski definition) is 1. The zero-order chi connectivity index (χ0) is 14.5. The molecule has 2 aromatic rings. The first-order valence-corrected chi connectivity index (χ1v) is 7.95. The number of hydrogen-bond acceptors (Lipinski definition) is 1. The molecule has 2 rings (SSSR count). The van der Waals surface area contributed by atoms with E-state index in [1.165, 1.54) is 16.7 Å². The van der Waals surface area contributed by atoms with E-state index in [1.807, 2.05) is 18.2 Å². The van der Waals surface area contributed by atoms with Gasteiger partial charge in [-0.15, -0.1) is 0 Å². The van der Waals surface area contributed by atoms with E-state index in [0.29, 0.717) is 6.04 Å². The van der Waals surface area contributed by atoms with E-state index < -0.39 is 0 Å². The first-order valence-electron chi connectivity index (χ1n) is 6.78. The van der Waals surface area contributed by atoms with Gasteiger partial charge in [0.1, 0.15) is 0 Å². The molecule has 0 spiro atoms. The summed E-state index contributed by atoms with van der Waals surface area (Å²) in [4.78, 5) is 0. The average Bonchev–Trinajstić information content (AvgIpc) is 2.42. The minimum absolute atomic E-state index is 0.419. The van der Waals surface area contributed by atoms with Crippen LogP contribution in [0.5, 0.6) is 0 Å². The van der Waals surface area contributed by atoms with Crippen molar-refractivity contribution < 1.29 is 0 Å². The Bertz CT molecular complexity index is 583. The van der Waals surface area contributed by atoms with Crippen molar-refractivity contribution in [2.45, 2.75) is 32.9 Å². The van der Waals surface area contributed by atoms with Crippen molar-refractivity contribution in [3.8, 4) is 0 Å². The van der Waals surface area contributed by atoms with Gasteiger partial charge in [0.2, 0.25) is 0 Å². The molecule has 20 heavy (non-hydrogen) atoms. The highest BCUT2D eigenvalue weighted by molar-refractivity contribution is 9.10. The molecule has 0 amide bonds. The maximum atomic E-state index is 6.03. The van der Waals surface area contributed by atoms with Crippen LogP contribution in [0.1, 0.15) is 23.6 Å². The van der Waals surface area contributed by atoms with Crippen LogP contribution in [0.15, 0.2) is 46.9 Å². The number of nitrogens with one attached hydrogen (secondary N) is 1. The largest absolute Gasteiger partial charge is 0.310 e. The maximum Gasteiger partial charge on any atom is 0.0410 e. The van der Waals surface area contributed by atoms with Crippen LogP contribution in [0.3, 0.4) is 0 Å². The van der Waals surface area contributed by atoms with Crippen LogP contribution in [0, 0.1) is 6.92 Å². The van der Waals surface area contributed by atoms with Crippen molar-refractivity contribution in [2.24, 2.45) is 0 Å². The molecule has 0 bridgehead atoms. The third-order valence-corrected chi connectivity index (χ3v) is 4.44. The van der Waals surface area contributed by atoms with E-state index >= 15 is 0 Å². The Hall–Kier alpha value is -0.830. The highest BCUT2D eigenvalue weighted by Crippen LogP contribution is 2.21. The number of halogens is 2. The predicted octanol–water partition coefficient (Wildman–Crippen LogP) is 5.13. The van der Waals surface area contributed by atoms with Crippen LogP contribution in [-0.4, -0.2) is 6.04 Å². The lowest BCUT2D eigenvalue weighted by Crippen LogP contribution is -2.28. The smallest absolute Gasteiger partial charge is 0.0410 e. The fraction of sp³-hybridized carbons (Fsp3) is 0.294. The van der Waals surface area contributed by atoms with Crippen molar-refractivity contribution in [1.29, 1.82) is 0 Å². The summed E-state index contributed by atoms with van der Waals surface area (Å²) in [6.45, 7) is 5.19. The van der Waals surface area contributed by atoms with E-state index in [-0.39, 0.29) is 0 Å². The Morgan fingerprint density at radius 3 is 2.65 bits per heavy atom. The third-order valence-electron chi connectivity index (χ3n) is 3.44. The van der Waals surface area contributed by atoms with Gasteiger partial charge in [-0.3, -0.25) is 0 Å². The lowest BCUT2D eigenvalue weighted by atomic mass is 10.0. The lowest BCUT2D eigenvalue weighted by molar-refractivity contribution is 0.544. The van der Waals surface area contributed by atoms with Crippen molar-refractivity contribution in [1.82, 2.24) is 5.32 Å². The standard InChI is InChI=1S/C17H19BrClN/c1-12-5-3-4-6-14(12)9-13(2)20-11-15-10-16(19)7-8-17(15)18/h3-8,10,13,20H,9,11H2,1-2H3. The molecular weight excluding hydrogens is 334 g/mol. The van der Waals surface area contributed by atoms with Crippen LogP contribution < -0.4 is 5.32 Å². The lowest BCUT2D eigenvalue weighted by Gasteiger charge is -2.16. The summed E-state index contributed by atoms with van der Waals surface area (Å²) in [6, 6.07) is 14.8. The highest BCUT2D eigenvalue weighted by Gasteiger charge is 2.07. The Morgan fingerprint density at radius 1 is 1.15 bits per heavy atom. The second kappa shape index (κ2) is 7.26. The quantitative estimate of drug-likeness (QED) is 0.786. The molecule has 106 valence electrons. The van der Waals surface area contributed by atoms with Crippen LogP contribution in [-0.2, 0) is 13.0 Å². The average molecular weight is 353 g/mol. The molecule has 0 aliphatic heterocycles. The normalized spacial score (nSPS) is 12.4. The molecule has 0 fully saturated rings. The van der Waals surface area contributed by atoms with Gasteiger partial charge in [0.25, 0.3) is 0 Å². The van der Waals surface area contributed by atoms with Gasteiger partial charge in [0.15, 0.2) is 0 Å². The van der Waals surface area contributed by atoms with Gasteiger partial charge in [0, 0.05) is 22.1 Å². The van der Waals surface area contributed by atoms with Crippen molar-refractivity contribution in [3.63, 3.8) is 0 Å². The summed E-state index contributed by atoms with van der Waals surface area (Å²) in [5.41, 5.74) is 3.94. The van der Waals surface area contributed by atoms with Crippen molar-refractivity contribution in [3.05, 3.63) is 68.7 Å². The monoisotopic (exact) mass is 351 g/mol. The second-order valence-corrected chi connectivity index (χ2v) is 6.44. The topological polar surface area (TPSA) is 12.0 Å². The minimum Gasteiger partial charge on any atom is -0.310 e. The van der Waals surface area contributed by atoms with E-state index in [2.05, 4.69) is 59.4 Å². The molecule has 2 aromatic carbocycles. The van der Waals surface area contributed by atoms with Gasteiger partial charge in [0.05, 0.1) is 0 Å². The van der Waals surface area contributed by atoms with Crippen LogP contribution in [0.25, 0.3) is 0 Å². The summed E-state index contributed by atoms with van der Waals surface area (Å²) in [5, 5.41) is 4.33. The fourth-order valence-corrected chi connectivity index (χ4v) is 2.79. The molecule has 1 atom stereocenters. The SMILES string of the molecule is Cc1ccccc1CC(C)NCc1cc(Cl)ccc1Br. The van der Waals surface area contributed by atoms with E-state index in [4.69, 9.17) is 11.6 Å². The number of benzene rings is 2. The molecule has 1 unspecified atom stereocenters. The molecule has 0 radical (unpaired) electrons. The van der Waals surface area contributed by atoms with Crippen molar-refractivity contribution in [2.75, 3.05) is 0 Å². The molecular formula is C17H19BrClN. The molecule has 3 heteroatoms. The van der Waals surface area contributed by atoms with Crippen LogP contribution >= 0.6 is 27.5 Å². The zero-order valence-electron chi connectivity index (χ0n) is 11.8. The van der Waals surface area contributed by atoms with Crippen molar-refractivity contribution >= 4 is 27.5 Å². The molecule has 0 aliphatic carbocycles. The number of aryl methyl sites for hydroxylation is 1. The Morgan fingerprint density at radius 2 is 1.90 bits per heavy atom. The summed E-state index contributed by atoms with van der Waals surface area (Å²) in [6.07, 6.45) is 1.03. The van der Waals surface area contributed by atoms with Crippen LogP contribution in [0.2, 0.25) is 5.02 Å². The molecule has 1 N–H and O–H groups in total. The van der Waals surface area contributed by atoms with Gasteiger partial charge in [-0.2, -0.15) is 0 Å². The van der Waals surface area contributed by atoms with E-state index in [0.717, 1.165) is 22.5 Å². The van der Waals surface area contributed by atoms with Gasteiger partial charge in [-0.05, 0) is 55.2 Å². The van der Waals surface area contributed by atoms with Gasteiger partial charge >= 0.3 is 0 Å². The summed E-state index contributed by atoms with van der Waals surface area (Å²) < 4.78 is 1.09. The molecule has 0 saturated heterocycles. The maximum absolute atomic E-state index is 6.03. The molecule has 1 nitrogen and oxygen atoms in total. The molecule has 0 heterocycles. The van der Waals surface area contributed by atoms with E-state index in [1.54, 1.807) is 0 Å². The molecule has 0 aromatic heterocycles. The zero-order valence-corrected chi connectivity index (χ0v) is 14.1. The Kier molecular flexibility index (Phi) is 5.64. The highest BCUT2D eigenvalue weighted by atomic mass is 79.9. The Balaban J connectivity index is 1.94. The fourth-order valence-electron chi connectivity index (χ4n) is 2.20. The van der Waals surface area contributed by atoms with Crippen LogP contribution in [0.4, 0.5) is 0 Å². The van der Waals surface area contributed by atoms with E-state index in [9.17, 15) is 0 Å².